The fourth-order valence-electron chi connectivity index (χ4n) is 15.2. The van der Waals surface area contributed by atoms with Crippen molar-refractivity contribution in [2.45, 2.75) is 247 Å². The number of rotatable bonds is 28. The van der Waals surface area contributed by atoms with Gasteiger partial charge in [0.15, 0.2) is 76.8 Å². The molecule has 0 radical (unpaired) electrons. The summed E-state index contributed by atoms with van der Waals surface area (Å²) >= 11 is 1.33. The highest BCUT2D eigenvalue weighted by molar-refractivity contribution is 7.99. The van der Waals surface area contributed by atoms with Gasteiger partial charge < -0.3 is 104 Å². The molecule has 0 spiro atoms. The molecular weight excluding hydrogens is 1590 g/mol. The van der Waals surface area contributed by atoms with Crippen molar-refractivity contribution in [3.63, 3.8) is 0 Å². The van der Waals surface area contributed by atoms with Crippen molar-refractivity contribution in [3.8, 4) is 0 Å². The highest BCUT2D eigenvalue weighted by Gasteiger charge is 2.64. The fraction of sp³-hybridized carbons (Fsp3) is 0.533. The Morgan fingerprint density at radius 3 is 0.992 bits per heavy atom. The third kappa shape index (κ3) is 20.8. The van der Waals surface area contributed by atoms with Crippen molar-refractivity contribution in [2.24, 2.45) is 10.8 Å². The average molecular weight is 1700 g/mol. The van der Waals surface area contributed by atoms with Gasteiger partial charge in [0.2, 0.25) is 0 Å². The van der Waals surface area contributed by atoms with E-state index in [-0.39, 0.29) is 63.6 Å². The standard InChI is InChI=1S/C90H108O28SSi/c1-13-119-85-75(117-87(96)90(9,10)45-47-98-53(3)92)70(66-63(106-85)51-102-80(111-66)58-40-28-18-29-41-58)115-82-72(107-76(93)54-32-20-14-21-33-54)68(64-60(103-82)48-99-78(109-64)56-36-24-16-25-37-56)113-83-73(116-86(95)89(7,8)44-46-97-52(2)91)69(65-61(104-83)49-100-79(110-65)57-38-26-17-27-39-57)114-84-74(108-77(94)55-34-22-15-23-35-55)71(118-120(11,12)88(4,5)6)67-62(105-84)50-101-81(112-67)59-42-30-19-31-43-59/h14-43,60-75,78-85H,13,44-51H2,1-12H3/t60-,61-,62-,63-,64-,65-,66-,67-,68+,69+,70+,71+,72-,73-,74-,75-,78?,79?,80?,81?,82+,83+,84+,85-/m1/s1. The van der Waals surface area contributed by atoms with Gasteiger partial charge >= 0.3 is 35.8 Å². The molecule has 0 aromatic heterocycles. The van der Waals surface area contributed by atoms with Crippen LogP contribution in [-0.4, -0.2) is 211 Å². The summed E-state index contributed by atoms with van der Waals surface area (Å²) in [6.07, 6.45) is -31.2. The van der Waals surface area contributed by atoms with E-state index in [0.717, 1.165) is 0 Å². The maximum Gasteiger partial charge on any atom is 0.338 e. The molecule has 6 aromatic carbocycles. The van der Waals surface area contributed by atoms with E-state index in [4.69, 9.17) is 104 Å². The van der Waals surface area contributed by atoms with Crippen LogP contribution < -0.4 is 0 Å². The molecule has 6 aromatic rings. The Bertz CT molecular complexity index is 4380. The second-order valence-corrected chi connectivity index (χ2v) is 39.8. The summed E-state index contributed by atoms with van der Waals surface area (Å²) in [6.45, 7) is 20.5. The van der Waals surface area contributed by atoms with E-state index >= 15 is 19.2 Å². The van der Waals surface area contributed by atoms with Gasteiger partial charge in [-0.2, -0.15) is 0 Å². The first-order chi connectivity index (χ1) is 57.6. The maximum absolute atomic E-state index is 16.0. The SMILES string of the molecule is CCS[C@H]1O[C@@H]2COC(c3ccccc3)O[C@H]2[C@H](O[C@@H]2O[C@@H]3COC(c4ccccc4)O[C@H]3[C@H](O[C@@H]3O[C@@H]4COC(c5ccccc5)O[C@H]4[C@H](O[C@@H]4O[C@@H]5COC(c6ccccc6)O[C@H]5[C@H](O[Si](C)(C)C(C)(C)C)[C@H]4OC(=O)c4ccccc4)[C@H]3OC(=O)C(C)(C)CCOC(C)=O)[C@H]2OC(=O)c2ccccc2)[C@H]1OC(=O)C(C)(C)CCOC(C)=O. The molecule has 4 unspecified atom stereocenters. The van der Waals surface area contributed by atoms with Crippen LogP contribution in [-0.2, 0) is 123 Å². The lowest BCUT2D eigenvalue weighted by molar-refractivity contribution is -0.424. The minimum Gasteiger partial charge on any atom is -0.466 e. The van der Waals surface area contributed by atoms with Crippen LogP contribution in [0.2, 0.25) is 18.1 Å². The molecule has 0 saturated carbocycles. The van der Waals surface area contributed by atoms with Crippen molar-refractivity contribution < 1.29 is 133 Å². The van der Waals surface area contributed by atoms with Crippen LogP contribution in [0.25, 0.3) is 0 Å². The minimum absolute atomic E-state index is 0.0368. The van der Waals surface area contributed by atoms with Crippen LogP contribution >= 0.6 is 11.8 Å². The van der Waals surface area contributed by atoms with E-state index in [2.05, 4.69) is 33.9 Å². The number of fused-ring (bicyclic) bond motifs is 4. The van der Waals surface area contributed by atoms with Gasteiger partial charge in [0.1, 0.15) is 78.7 Å². The average Bonchev–Trinajstić information content (AvgIpc) is 0.744. The number of hydrogen-bond acceptors (Lipinski definition) is 29. The molecule has 8 heterocycles. The van der Waals surface area contributed by atoms with Gasteiger partial charge in [0, 0.05) is 36.1 Å². The lowest BCUT2D eigenvalue weighted by atomic mass is 9.89. The fourth-order valence-corrected chi connectivity index (χ4v) is 17.5. The molecule has 30 heteroatoms. The smallest absolute Gasteiger partial charge is 0.338 e. The molecule has 120 heavy (non-hydrogen) atoms. The highest BCUT2D eigenvalue weighted by atomic mass is 32.2. The third-order valence-electron chi connectivity index (χ3n) is 23.0. The molecule has 8 fully saturated rings. The Hall–Kier alpha value is -7.93. The first kappa shape index (κ1) is 88.4. The molecular formula is C90H108O28SSi. The van der Waals surface area contributed by atoms with Crippen molar-refractivity contribution in [1.29, 1.82) is 0 Å². The Balaban J connectivity index is 0.931. The van der Waals surface area contributed by atoms with Gasteiger partial charge in [-0.1, -0.05) is 185 Å². The first-order valence-electron chi connectivity index (χ1n) is 41.0. The summed E-state index contributed by atoms with van der Waals surface area (Å²) in [5.74, 6) is -3.90. The van der Waals surface area contributed by atoms with Crippen molar-refractivity contribution in [3.05, 3.63) is 215 Å². The summed E-state index contributed by atoms with van der Waals surface area (Å²) in [4.78, 5) is 86.5. The highest BCUT2D eigenvalue weighted by Crippen LogP contribution is 2.49. The Morgan fingerprint density at radius 2 is 0.667 bits per heavy atom. The molecule has 0 N–H and O–H groups in total. The zero-order valence-electron chi connectivity index (χ0n) is 69.4. The first-order valence-corrected chi connectivity index (χ1v) is 44.9. The molecule has 24 atom stereocenters. The Morgan fingerprint density at radius 1 is 0.375 bits per heavy atom. The van der Waals surface area contributed by atoms with E-state index in [1.807, 2.05) is 128 Å². The molecule has 28 nitrogen and oxygen atoms in total. The monoisotopic (exact) mass is 1700 g/mol. The van der Waals surface area contributed by atoms with Gasteiger partial charge in [-0.25, -0.2) is 9.59 Å². The Kier molecular flexibility index (Phi) is 28.6. The summed E-state index contributed by atoms with van der Waals surface area (Å²) in [6, 6.07) is 53.5. The molecule has 0 aliphatic carbocycles. The summed E-state index contributed by atoms with van der Waals surface area (Å²) in [5.41, 5.74) is -0.945. The van der Waals surface area contributed by atoms with E-state index in [1.54, 1.807) is 88.4 Å². The quantitative estimate of drug-likeness (QED) is 0.0250. The summed E-state index contributed by atoms with van der Waals surface area (Å²) < 4.78 is 152. The van der Waals surface area contributed by atoms with Gasteiger partial charge in [-0.05, 0) is 88.7 Å². The van der Waals surface area contributed by atoms with Crippen LogP contribution in [0.15, 0.2) is 182 Å². The number of carbonyl (C=O) groups excluding carboxylic acids is 6. The van der Waals surface area contributed by atoms with Crippen molar-refractivity contribution in [2.75, 3.05) is 45.4 Å². The molecule has 646 valence electrons. The van der Waals surface area contributed by atoms with E-state index < -0.39 is 207 Å². The topological polar surface area (TPSA) is 305 Å². The number of thioether (sulfide) groups is 1. The van der Waals surface area contributed by atoms with Gasteiger partial charge in [0.25, 0.3) is 0 Å². The zero-order chi connectivity index (χ0) is 84.6. The largest absolute Gasteiger partial charge is 0.466 e. The summed E-state index contributed by atoms with van der Waals surface area (Å²) in [7, 11) is -3.01. The molecule has 8 aliphatic heterocycles. The molecule has 8 aliphatic rings. The van der Waals surface area contributed by atoms with Crippen LogP contribution in [0.5, 0.6) is 0 Å². The van der Waals surface area contributed by atoms with Gasteiger partial charge in [-0.3, -0.25) is 19.2 Å². The third-order valence-corrected chi connectivity index (χ3v) is 28.5. The predicted molar refractivity (Wildman–Crippen MR) is 431 cm³/mol. The number of hydrogen-bond donors (Lipinski definition) is 0. The Labute approximate surface area is 703 Å². The van der Waals surface area contributed by atoms with Gasteiger partial charge in [0.05, 0.1) is 61.6 Å². The molecule has 0 amide bonds. The van der Waals surface area contributed by atoms with Crippen LogP contribution in [0.4, 0.5) is 0 Å². The normalized spacial score (nSPS) is 32.0. The number of esters is 6. The van der Waals surface area contributed by atoms with Crippen LogP contribution in [0.3, 0.4) is 0 Å². The van der Waals surface area contributed by atoms with Crippen molar-refractivity contribution >= 4 is 55.9 Å². The summed E-state index contributed by atoms with van der Waals surface area (Å²) in [5, 5.41) is -0.457. The molecule has 8 saturated heterocycles. The second kappa shape index (κ2) is 38.9. The number of carbonyl (C=O) groups is 6. The lowest BCUT2D eigenvalue weighted by Gasteiger charge is -2.55. The molecule has 0 bridgehead atoms. The van der Waals surface area contributed by atoms with E-state index in [1.165, 1.54) is 25.6 Å². The second-order valence-electron chi connectivity index (χ2n) is 33.6. The predicted octanol–water partition coefficient (Wildman–Crippen LogP) is 12.9. The zero-order valence-corrected chi connectivity index (χ0v) is 71.2. The van der Waals surface area contributed by atoms with E-state index in [0.29, 0.717) is 28.0 Å². The lowest BCUT2D eigenvalue weighted by Crippen LogP contribution is -2.71. The van der Waals surface area contributed by atoms with E-state index in [9.17, 15) is 9.59 Å². The van der Waals surface area contributed by atoms with Crippen molar-refractivity contribution in [1.82, 2.24) is 0 Å². The van der Waals surface area contributed by atoms with Crippen LogP contribution in [0, 0.1) is 10.8 Å². The number of ether oxygens (including phenoxy) is 21. The van der Waals surface area contributed by atoms with Crippen LogP contribution in [0.1, 0.15) is 150 Å². The number of benzene rings is 6. The van der Waals surface area contributed by atoms with Gasteiger partial charge in [-0.15, -0.1) is 11.8 Å². The minimum atomic E-state index is -3.01. The molecule has 14 rings (SSSR count). The maximum atomic E-state index is 16.0.